The molecule has 1 heterocycles. The van der Waals surface area contributed by atoms with Crippen molar-refractivity contribution in [3.8, 4) is 0 Å². The van der Waals surface area contributed by atoms with Crippen molar-refractivity contribution in [3.63, 3.8) is 0 Å². The van der Waals surface area contributed by atoms with E-state index in [2.05, 4.69) is 0 Å². The second-order valence-corrected chi connectivity index (χ2v) is 6.74. The number of halogens is 3. The lowest BCUT2D eigenvalue weighted by Gasteiger charge is -2.28. The normalized spacial score (nSPS) is 26.9. The van der Waals surface area contributed by atoms with Gasteiger partial charge in [0.05, 0.1) is 11.8 Å². The van der Waals surface area contributed by atoms with Gasteiger partial charge in [0.15, 0.2) is 11.4 Å². The van der Waals surface area contributed by atoms with Gasteiger partial charge in [-0.1, -0.05) is 6.08 Å². The van der Waals surface area contributed by atoms with E-state index in [1.807, 2.05) is 0 Å². The predicted molar refractivity (Wildman–Crippen MR) is 81.7 cm³/mol. The Kier molecular flexibility index (Phi) is 4.95. The number of nitrogens with zero attached hydrogens (tertiary/aromatic N) is 1. The molecule has 24 heavy (non-hydrogen) atoms. The summed E-state index contributed by atoms with van der Waals surface area (Å²) in [6.45, 7) is 4.50. The fourth-order valence-electron chi connectivity index (χ4n) is 3.14. The van der Waals surface area contributed by atoms with Gasteiger partial charge in [-0.3, -0.25) is 9.59 Å². The van der Waals surface area contributed by atoms with Crippen molar-refractivity contribution in [3.05, 3.63) is 23.4 Å². The molecule has 2 rings (SSSR count). The third kappa shape index (κ3) is 3.27. The molecule has 1 N–H and O–H groups in total. The van der Waals surface area contributed by atoms with E-state index >= 15 is 0 Å². The molecular weight excluding hydrogens is 323 g/mol. The molecule has 0 saturated carbocycles. The van der Waals surface area contributed by atoms with Crippen LogP contribution in [0.4, 0.5) is 13.2 Å². The Bertz CT molecular complexity index is 605. The lowest BCUT2D eigenvalue weighted by atomic mass is 9.89. The Hall–Kier alpha value is -1.63. The summed E-state index contributed by atoms with van der Waals surface area (Å²) < 4.78 is 37.9. The van der Waals surface area contributed by atoms with Gasteiger partial charge in [-0.05, 0) is 51.7 Å². The Labute approximate surface area is 139 Å². The van der Waals surface area contributed by atoms with Gasteiger partial charge in [0.2, 0.25) is 5.91 Å². The number of allylic oxidation sites excluding steroid dienone is 3. The zero-order valence-corrected chi connectivity index (χ0v) is 14.0. The van der Waals surface area contributed by atoms with Crippen molar-refractivity contribution in [1.82, 2.24) is 4.90 Å². The Morgan fingerprint density at radius 3 is 2.33 bits per heavy atom. The molecule has 0 aromatic heterocycles. The van der Waals surface area contributed by atoms with E-state index in [1.165, 1.54) is 11.0 Å². The van der Waals surface area contributed by atoms with Crippen molar-refractivity contribution in [1.29, 1.82) is 0 Å². The molecule has 2 aliphatic rings. The molecule has 3 unspecified atom stereocenters. The first-order valence-corrected chi connectivity index (χ1v) is 8.04. The minimum absolute atomic E-state index is 0.0827. The SMILES string of the molecule is CC1C(=O)N(CCCCC(C)(O)C(F)(F)F)C2=C1C=CC(=O)C2C. The Morgan fingerprint density at radius 1 is 1.12 bits per heavy atom. The van der Waals surface area contributed by atoms with E-state index in [1.54, 1.807) is 19.9 Å². The molecular formula is C17H22F3NO3. The first kappa shape index (κ1) is 18.7. The van der Waals surface area contributed by atoms with Gasteiger partial charge in [-0.25, -0.2) is 0 Å². The zero-order valence-electron chi connectivity index (χ0n) is 14.0. The minimum Gasteiger partial charge on any atom is -0.381 e. The van der Waals surface area contributed by atoms with Gasteiger partial charge in [-0.2, -0.15) is 13.2 Å². The van der Waals surface area contributed by atoms with Crippen LogP contribution >= 0.6 is 0 Å². The standard InChI is InChI=1S/C17H22F3NO3/c1-10-12-6-7-13(22)11(2)14(12)21(15(10)23)9-5-4-8-16(3,24)17(18,19)20/h6-7,10-11,24H,4-5,8-9H2,1-3H3. The van der Waals surface area contributed by atoms with Gasteiger partial charge in [0, 0.05) is 12.2 Å². The highest BCUT2D eigenvalue weighted by molar-refractivity contribution is 5.99. The maximum absolute atomic E-state index is 12.6. The van der Waals surface area contributed by atoms with Crippen LogP contribution in [0, 0.1) is 11.8 Å². The summed E-state index contributed by atoms with van der Waals surface area (Å²) in [6.07, 6.45) is -1.51. The number of unbranched alkanes of at least 4 members (excludes halogenated alkanes) is 1. The fourth-order valence-corrected chi connectivity index (χ4v) is 3.14. The number of alkyl halides is 3. The molecule has 0 aromatic rings. The number of carbonyl (C=O) groups excluding carboxylic acids is 2. The van der Waals surface area contributed by atoms with Crippen molar-refractivity contribution >= 4 is 11.7 Å². The largest absolute Gasteiger partial charge is 0.416 e. The minimum atomic E-state index is -4.67. The second kappa shape index (κ2) is 6.35. The first-order valence-electron chi connectivity index (χ1n) is 8.04. The lowest BCUT2D eigenvalue weighted by Crippen LogP contribution is -2.42. The summed E-state index contributed by atoms with van der Waals surface area (Å²) in [5, 5.41) is 9.43. The average Bonchev–Trinajstić information content (AvgIpc) is 2.71. The molecule has 0 radical (unpaired) electrons. The molecule has 1 aliphatic heterocycles. The third-order valence-electron chi connectivity index (χ3n) is 4.86. The summed E-state index contributed by atoms with van der Waals surface area (Å²) >= 11 is 0. The number of rotatable bonds is 5. The molecule has 0 saturated heterocycles. The van der Waals surface area contributed by atoms with Crippen molar-refractivity contribution in [2.75, 3.05) is 6.54 Å². The van der Waals surface area contributed by atoms with E-state index in [0.717, 1.165) is 12.5 Å². The van der Waals surface area contributed by atoms with Gasteiger partial charge in [-0.15, -0.1) is 0 Å². The van der Waals surface area contributed by atoms with Gasteiger partial charge in [0.1, 0.15) is 0 Å². The molecule has 7 heteroatoms. The number of amides is 1. The van der Waals surface area contributed by atoms with E-state index in [9.17, 15) is 27.9 Å². The topological polar surface area (TPSA) is 57.6 Å². The monoisotopic (exact) mass is 345 g/mol. The number of carbonyl (C=O) groups is 2. The highest BCUT2D eigenvalue weighted by Gasteiger charge is 2.49. The summed E-state index contributed by atoms with van der Waals surface area (Å²) in [4.78, 5) is 25.8. The number of hydrogen-bond donors (Lipinski definition) is 1. The summed E-state index contributed by atoms with van der Waals surface area (Å²) in [7, 11) is 0. The van der Waals surface area contributed by atoms with Crippen LogP contribution in [-0.2, 0) is 9.59 Å². The predicted octanol–water partition coefficient (Wildman–Crippen LogP) is 2.98. The van der Waals surface area contributed by atoms with Crippen LogP contribution in [0.3, 0.4) is 0 Å². The van der Waals surface area contributed by atoms with E-state index in [4.69, 9.17) is 0 Å². The van der Waals surface area contributed by atoms with Crippen LogP contribution in [0.25, 0.3) is 0 Å². The molecule has 3 atom stereocenters. The number of aliphatic hydroxyl groups is 1. The van der Waals surface area contributed by atoms with E-state index in [0.29, 0.717) is 12.1 Å². The van der Waals surface area contributed by atoms with Crippen LogP contribution in [0.15, 0.2) is 23.4 Å². The summed E-state index contributed by atoms with van der Waals surface area (Å²) in [6, 6.07) is 0. The van der Waals surface area contributed by atoms with Crippen LogP contribution in [0.1, 0.15) is 40.0 Å². The van der Waals surface area contributed by atoms with Crippen LogP contribution in [0.5, 0.6) is 0 Å². The molecule has 134 valence electrons. The highest BCUT2D eigenvalue weighted by atomic mass is 19.4. The fraction of sp³-hybridized carbons (Fsp3) is 0.647. The Morgan fingerprint density at radius 2 is 1.75 bits per heavy atom. The maximum atomic E-state index is 12.6. The number of ketones is 1. The quantitative estimate of drug-likeness (QED) is 0.780. The van der Waals surface area contributed by atoms with E-state index in [-0.39, 0.29) is 30.6 Å². The lowest BCUT2D eigenvalue weighted by molar-refractivity contribution is -0.255. The van der Waals surface area contributed by atoms with Crippen molar-refractivity contribution in [2.24, 2.45) is 11.8 Å². The van der Waals surface area contributed by atoms with Crippen molar-refractivity contribution in [2.45, 2.75) is 51.8 Å². The summed E-state index contributed by atoms with van der Waals surface area (Å²) in [5.74, 6) is -0.975. The molecule has 4 nitrogen and oxygen atoms in total. The number of hydrogen-bond acceptors (Lipinski definition) is 3. The Balaban J connectivity index is 2.00. The van der Waals surface area contributed by atoms with Gasteiger partial charge in [0.25, 0.3) is 0 Å². The molecule has 0 bridgehead atoms. The molecule has 0 spiro atoms. The van der Waals surface area contributed by atoms with Crippen LogP contribution in [0.2, 0.25) is 0 Å². The van der Waals surface area contributed by atoms with E-state index < -0.39 is 24.1 Å². The third-order valence-corrected chi connectivity index (χ3v) is 4.86. The van der Waals surface area contributed by atoms with Gasteiger partial charge >= 0.3 is 6.18 Å². The second-order valence-electron chi connectivity index (χ2n) is 6.74. The van der Waals surface area contributed by atoms with Crippen molar-refractivity contribution < 1.29 is 27.9 Å². The van der Waals surface area contributed by atoms with Crippen LogP contribution in [-0.4, -0.2) is 40.0 Å². The summed E-state index contributed by atoms with van der Waals surface area (Å²) in [5.41, 5.74) is -1.24. The molecule has 1 amide bonds. The van der Waals surface area contributed by atoms with Gasteiger partial charge < -0.3 is 10.0 Å². The first-order chi connectivity index (χ1) is 11.0. The average molecular weight is 345 g/mol. The van der Waals surface area contributed by atoms with Crippen LogP contribution < -0.4 is 0 Å². The zero-order chi connectivity index (χ0) is 18.3. The molecule has 1 aliphatic carbocycles. The molecule has 0 aromatic carbocycles. The smallest absolute Gasteiger partial charge is 0.381 e. The molecule has 0 fully saturated rings. The highest BCUT2D eigenvalue weighted by Crippen LogP contribution is 2.38. The maximum Gasteiger partial charge on any atom is 0.416 e.